The summed E-state index contributed by atoms with van der Waals surface area (Å²) in [5, 5.41) is 1.87. The van der Waals surface area contributed by atoms with Gasteiger partial charge in [0.1, 0.15) is 0 Å². The predicted octanol–water partition coefficient (Wildman–Crippen LogP) is 3.80. The second kappa shape index (κ2) is 3.62. The second-order valence-electron chi connectivity index (χ2n) is 3.71. The van der Waals surface area contributed by atoms with Crippen molar-refractivity contribution in [2.24, 2.45) is 0 Å². The van der Waals surface area contributed by atoms with E-state index in [4.69, 9.17) is 28.9 Å². The molecule has 0 saturated carbocycles. The van der Waals surface area contributed by atoms with Gasteiger partial charge in [-0.15, -0.1) is 11.3 Å². The number of nitrogens with two attached hydrogens (primary N) is 1. The molecular weight excluding hydrogens is 263 g/mol. The minimum Gasteiger partial charge on any atom is -0.375 e. The highest BCUT2D eigenvalue weighted by Crippen LogP contribution is 2.41. The lowest BCUT2D eigenvalue weighted by Gasteiger charge is -2.16. The fourth-order valence-corrected chi connectivity index (χ4v) is 3.33. The molecule has 3 rings (SSSR count). The molecule has 2 nitrogen and oxygen atoms in total. The molecule has 0 fully saturated rings. The van der Waals surface area contributed by atoms with Crippen molar-refractivity contribution in [3.05, 3.63) is 32.6 Å². The zero-order valence-corrected chi connectivity index (χ0v) is 10.6. The Bertz CT molecular complexity index is 578. The van der Waals surface area contributed by atoms with Gasteiger partial charge in [0, 0.05) is 10.4 Å². The number of anilines is 1. The third kappa shape index (κ3) is 1.43. The summed E-state index contributed by atoms with van der Waals surface area (Å²) in [6, 6.07) is 3.79. The van der Waals surface area contributed by atoms with E-state index in [0.29, 0.717) is 15.2 Å². The summed E-state index contributed by atoms with van der Waals surface area (Å²) in [6.45, 7) is 0. The van der Waals surface area contributed by atoms with Crippen molar-refractivity contribution in [2.45, 2.75) is 12.8 Å². The maximum atomic E-state index is 6.20. The fraction of sp³-hybridized carbons (Fsp3) is 0.182. The SMILES string of the molecule is Nc1nc2c(s1)CCc1c-2ccc(Cl)c1Cl. The Morgan fingerprint density at radius 2 is 2.06 bits per heavy atom. The van der Waals surface area contributed by atoms with Crippen LogP contribution in [0.2, 0.25) is 10.0 Å². The lowest BCUT2D eigenvalue weighted by molar-refractivity contribution is 0.956. The highest BCUT2D eigenvalue weighted by Gasteiger charge is 2.22. The van der Waals surface area contributed by atoms with E-state index in [1.165, 1.54) is 4.88 Å². The average Bonchev–Trinajstić information content (AvgIpc) is 2.63. The number of hydrogen-bond acceptors (Lipinski definition) is 3. The first-order valence-corrected chi connectivity index (χ1v) is 6.46. The van der Waals surface area contributed by atoms with Crippen LogP contribution in [0.3, 0.4) is 0 Å². The molecule has 0 unspecified atom stereocenters. The van der Waals surface area contributed by atoms with Gasteiger partial charge in [0.15, 0.2) is 5.13 Å². The first kappa shape index (κ1) is 10.4. The molecular formula is C11H8Cl2N2S. The molecule has 1 aromatic carbocycles. The normalized spacial score (nSPS) is 13.4. The molecule has 0 amide bonds. The molecule has 0 aliphatic heterocycles. The van der Waals surface area contributed by atoms with Gasteiger partial charge >= 0.3 is 0 Å². The lowest BCUT2D eigenvalue weighted by atomic mass is 9.93. The van der Waals surface area contributed by atoms with Crippen molar-refractivity contribution < 1.29 is 0 Å². The second-order valence-corrected chi connectivity index (χ2v) is 5.61. The number of nitrogens with zero attached hydrogens (tertiary/aromatic N) is 1. The molecule has 1 aliphatic rings. The molecule has 82 valence electrons. The van der Waals surface area contributed by atoms with Crippen molar-refractivity contribution in [2.75, 3.05) is 5.73 Å². The van der Waals surface area contributed by atoms with Gasteiger partial charge in [0.25, 0.3) is 0 Å². The molecule has 0 bridgehead atoms. The molecule has 0 radical (unpaired) electrons. The maximum absolute atomic E-state index is 6.20. The number of aryl methyl sites for hydroxylation is 1. The van der Waals surface area contributed by atoms with E-state index in [1.54, 1.807) is 11.3 Å². The van der Waals surface area contributed by atoms with Gasteiger partial charge < -0.3 is 5.73 Å². The van der Waals surface area contributed by atoms with E-state index >= 15 is 0 Å². The Balaban J connectivity index is 2.29. The summed E-state index contributed by atoms with van der Waals surface area (Å²) in [4.78, 5) is 5.60. The van der Waals surface area contributed by atoms with Crippen LogP contribution in [-0.4, -0.2) is 4.98 Å². The van der Waals surface area contributed by atoms with Gasteiger partial charge in [-0.1, -0.05) is 29.3 Å². The molecule has 2 aromatic rings. The number of rotatable bonds is 0. The molecule has 1 aromatic heterocycles. The summed E-state index contributed by atoms with van der Waals surface area (Å²) in [5.74, 6) is 0. The maximum Gasteiger partial charge on any atom is 0.180 e. The van der Waals surface area contributed by atoms with E-state index in [9.17, 15) is 0 Å². The summed E-state index contributed by atoms with van der Waals surface area (Å²) in [5.41, 5.74) is 8.87. The Hall–Kier alpha value is -0.770. The monoisotopic (exact) mass is 270 g/mol. The number of nitrogen functional groups attached to an aromatic ring is 1. The van der Waals surface area contributed by atoms with Crippen molar-refractivity contribution in [3.8, 4) is 11.3 Å². The summed E-state index contributed by atoms with van der Waals surface area (Å²) in [7, 11) is 0. The minimum atomic E-state index is 0.604. The van der Waals surface area contributed by atoms with Crippen LogP contribution in [0.5, 0.6) is 0 Å². The topological polar surface area (TPSA) is 38.9 Å². The molecule has 1 heterocycles. The summed E-state index contributed by atoms with van der Waals surface area (Å²) < 4.78 is 0. The third-order valence-electron chi connectivity index (χ3n) is 2.77. The zero-order chi connectivity index (χ0) is 11.3. The van der Waals surface area contributed by atoms with Crippen molar-refractivity contribution in [1.82, 2.24) is 4.98 Å². The molecule has 0 saturated heterocycles. The fourth-order valence-electron chi connectivity index (χ4n) is 2.05. The van der Waals surface area contributed by atoms with Crippen LogP contribution in [0.1, 0.15) is 10.4 Å². The van der Waals surface area contributed by atoms with E-state index < -0.39 is 0 Å². The number of hydrogen-bond donors (Lipinski definition) is 1. The molecule has 0 spiro atoms. The Morgan fingerprint density at radius 1 is 1.25 bits per heavy atom. The molecule has 16 heavy (non-hydrogen) atoms. The molecule has 1 aliphatic carbocycles. The molecule has 5 heteroatoms. The van der Waals surface area contributed by atoms with Crippen LogP contribution >= 0.6 is 34.5 Å². The van der Waals surface area contributed by atoms with Gasteiger partial charge in [-0.3, -0.25) is 0 Å². The van der Waals surface area contributed by atoms with Crippen LogP contribution in [0.15, 0.2) is 12.1 Å². The first-order chi connectivity index (χ1) is 7.66. The lowest BCUT2D eigenvalue weighted by Crippen LogP contribution is -2.02. The third-order valence-corrected chi connectivity index (χ3v) is 4.55. The van der Waals surface area contributed by atoms with Gasteiger partial charge in [-0.2, -0.15) is 0 Å². The quantitative estimate of drug-likeness (QED) is 0.791. The van der Waals surface area contributed by atoms with E-state index in [-0.39, 0.29) is 0 Å². The van der Waals surface area contributed by atoms with Crippen LogP contribution < -0.4 is 5.73 Å². The minimum absolute atomic E-state index is 0.604. The van der Waals surface area contributed by atoms with E-state index in [0.717, 1.165) is 29.7 Å². The zero-order valence-electron chi connectivity index (χ0n) is 8.26. The average molecular weight is 271 g/mol. The standard InChI is InChI=1S/C11H8Cl2N2S/c12-7-3-1-6-5(9(7)13)2-4-8-10(6)15-11(14)16-8/h1,3H,2,4H2,(H2,14,15). The Morgan fingerprint density at radius 3 is 2.88 bits per heavy atom. The number of thiazole rings is 1. The van der Waals surface area contributed by atoms with Crippen LogP contribution in [0, 0.1) is 0 Å². The van der Waals surface area contributed by atoms with Gasteiger partial charge in [-0.05, 0) is 24.5 Å². The van der Waals surface area contributed by atoms with Crippen LogP contribution in [0.4, 0.5) is 5.13 Å². The van der Waals surface area contributed by atoms with Crippen LogP contribution in [0.25, 0.3) is 11.3 Å². The predicted molar refractivity (Wildman–Crippen MR) is 69.4 cm³/mol. The summed E-state index contributed by atoms with van der Waals surface area (Å²) in [6.07, 6.45) is 1.85. The van der Waals surface area contributed by atoms with E-state index in [2.05, 4.69) is 4.98 Å². The first-order valence-electron chi connectivity index (χ1n) is 4.89. The van der Waals surface area contributed by atoms with Crippen LogP contribution in [-0.2, 0) is 12.8 Å². The Labute approximate surface area is 107 Å². The van der Waals surface area contributed by atoms with Gasteiger partial charge in [0.2, 0.25) is 0 Å². The number of halogens is 2. The van der Waals surface area contributed by atoms with Gasteiger partial charge in [0.05, 0.1) is 15.7 Å². The van der Waals surface area contributed by atoms with Gasteiger partial charge in [-0.25, -0.2) is 4.98 Å². The summed E-state index contributed by atoms with van der Waals surface area (Å²) >= 11 is 13.8. The Kier molecular flexibility index (Phi) is 2.35. The molecule has 2 N–H and O–H groups in total. The largest absolute Gasteiger partial charge is 0.375 e. The number of benzene rings is 1. The van der Waals surface area contributed by atoms with Crippen molar-refractivity contribution >= 4 is 39.7 Å². The number of aromatic nitrogens is 1. The molecule has 0 atom stereocenters. The highest BCUT2D eigenvalue weighted by molar-refractivity contribution is 7.15. The highest BCUT2D eigenvalue weighted by atomic mass is 35.5. The smallest absolute Gasteiger partial charge is 0.180 e. The number of fused-ring (bicyclic) bond motifs is 3. The van der Waals surface area contributed by atoms with Crippen molar-refractivity contribution in [3.63, 3.8) is 0 Å². The van der Waals surface area contributed by atoms with E-state index in [1.807, 2.05) is 12.1 Å². The van der Waals surface area contributed by atoms with Crippen molar-refractivity contribution in [1.29, 1.82) is 0 Å².